The summed E-state index contributed by atoms with van der Waals surface area (Å²) in [6.07, 6.45) is -0.605. The molecule has 2 aliphatic rings. The third-order valence-electron chi connectivity index (χ3n) is 4.19. The Morgan fingerprint density at radius 3 is 2.45 bits per heavy atom. The molecule has 1 unspecified atom stereocenters. The molecule has 0 radical (unpaired) electrons. The van der Waals surface area contributed by atoms with Gasteiger partial charge in [0.2, 0.25) is 0 Å². The van der Waals surface area contributed by atoms with Crippen molar-refractivity contribution < 1.29 is 22.6 Å². The molecule has 0 spiro atoms. The van der Waals surface area contributed by atoms with E-state index in [2.05, 4.69) is 5.32 Å². The lowest BCUT2D eigenvalue weighted by molar-refractivity contribution is -0.138. The first kappa shape index (κ1) is 15.5. The molecule has 1 saturated heterocycles. The molecule has 1 atom stereocenters. The van der Waals surface area contributed by atoms with Gasteiger partial charge in [-0.1, -0.05) is 0 Å². The lowest BCUT2D eigenvalue weighted by Crippen LogP contribution is -2.28. The van der Waals surface area contributed by atoms with Gasteiger partial charge in [-0.2, -0.15) is 13.2 Å². The fraction of sp³-hybridized carbons (Fsp3) is 0.625. The van der Waals surface area contributed by atoms with E-state index in [-0.39, 0.29) is 17.8 Å². The maximum absolute atomic E-state index is 13.2. The number of ether oxygens (including phenoxy) is 2. The molecule has 1 aromatic carbocycles. The molecular weight excluding hydrogens is 295 g/mol. The summed E-state index contributed by atoms with van der Waals surface area (Å²) in [5.74, 6) is 0.402. The molecule has 1 aliphatic carbocycles. The van der Waals surface area contributed by atoms with Crippen LogP contribution in [0, 0.1) is 0 Å². The quantitative estimate of drug-likeness (QED) is 0.918. The van der Waals surface area contributed by atoms with Gasteiger partial charge in [-0.05, 0) is 44.4 Å². The van der Waals surface area contributed by atoms with Crippen molar-refractivity contribution in [1.29, 1.82) is 0 Å². The number of piperidine rings is 1. The smallest absolute Gasteiger partial charge is 0.420 e. The van der Waals surface area contributed by atoms with Crippen LogP contribution in [0.5, 0.6) is 11.5 Å². The molecule has 6 heteroatoms. The normalized spacial score (nSPS) is 22.5. The molecule has 0 bridgehead atoms. The Labute approximate surface area is 127 Å². The predicted octanol–water partition coefficient (Wildman–Crippen LogP) is 3.72. The average Bonchev–Trinajstić information content (AvgIpc) is 3.31. The number of hydrogen-bond acceptors (Lipinski definition) is 3. The van der Waals surface area contributed by atoms with Crippen molar-refractivity contribution in [3.63, 3.8) is 0 Å². The highest BCUT2D eigenvalue weighted by Crippen LogP contribution is 2.44. The van der Waals surface area contributed by atoms with Crippen LogP contribution in [0.1, 0.15) is 42.7 Å². The van der Waals surface area contributed by atoms with Gasteiger partial charge < -0.3 is 14.8 Å². The number of rotatable bonds is 4. The van der Waals surface area contributed by atoms with Crippen molar-refractivity contribution in [3.05, 3.63) is 23.3 Å². The monoisotopic (exact) mass is 315 g/mol. The largest absolute Gasteiger partial charge is 0.496 e. The summed E-state index contributed by atoms with van der Waals surface area (Å²) in [5, 5.41) is 3.29. The van der Waals surface area contributed by atoms with Crippen LogP contribution in [-0.2, 0) is 6.18 Å². The van der Waals surface area contributed by atoms with Crippen LogP contribution in [0.3, 0.4) is 0 Å². The fourth-order valence-corrected chi connectivity index (χ4v) is 2.87. The van der Waals surface area contributed by atoms with Gasteiger partial charge in [-0.15, -0.1) is 0 Å². The Morgan fingerprint density at radius 2 is 1.91 bits per heavy atom. The van der Waals surface area contributed by atoms with Gasteiger partial charge in [0, 0.05) is 18.0 Å². The lowest BCUT2D eigenvalue weighted by Gasteiger charge is -2.26. The summed E-state index contributed by atoms with van der Waals surface area (Å²) < 4.78 is 50.3. The van der Waals surface area contributed by atoms with Gasteiger partial charge in [0.05, 0.1) is 13.2 Å². The van der Waals surface area contributed by atoms with Crippen LogP contribution < -0.4 is 14.8 Å². The summed E-state index contributed by atoms with van der Waals surface area (Å²) in [6.45, 7) is 1.71. The Balaban J connectivity index is 2.01. The van der Waals surface area contributed by atoms with Gasteiger partial charge in [0.1, 0.15) is 17.1 Å². The van der Waals surface area contributed by atoms with Crippen LogP contribution in [0.25, 0.3) is 0 Å². The van der Waals surface area contributed by atoms with Crippen LogP contribution >= 0.6 is 0 Å². The number of alkyl halides is 3. The molecule has 1 aliphatic heterocycles. The Bertz CT molecular complexity index is 535. The molecule has 3 rings (SSSR count). The number of nitrogens with one attached hydrogen (secondary N) is 1. The highest BCUT2D eigenvalue weighted by atomic mass is 19.4. The lowest BCUT2D eigenvalue weighted by atomic mass is 9.90. The minimum absolute atomic E-state index is 0.0600. The second kappa shape index (κ2) is 5.99. The number of methoxy groups -OCH3 is 1. The number of hydrogen-bond donors (Lipinski definition) is 1. The second-order valence-electron chi connectivity index (χ2n) is 5.95. The fourth-order valence-electron chi connectivity index (χ4n) is 2.87. The van der Waals surface area contributed by atoms with Crippen molar-refractivity contribution in [2.24, 2.45) is 0 Å². The minimum atomic E-state index is -4.45. The van der Waals surface area contributed by atoms with E-state index in [1.807, 2.05) is 0 Å². The Morgan fingerprint density at radius 1 is 1.14 bits per heavy atom. The first-order valence-electron chi connectivity index (χ1n) is 7.65. The van der Waals surface area contributed by atoms with E-state index in [9.17, 15) is 13.2 Å². The number of benzene rings is 1. The summed E-state index contributed by atoms with van der Waals surface area (Å²) in [7, 11) is 1.27. The van der Waals surface area contributed by atoms with Crippen LogP contribution in [0.2, 0.25) is 0 Å². The number of halogens is 3. The highest BCUT2D eigenvalue weighted by Gasteiger charge is 2.37. The van der Waals surface area contributed by atoms with Crippen molar-refractivity contribution in [3.8, 4) is 11.5 Å². The van der Waals surface area contributed by atoms with E-state index in [1.54, 1.807) is 0 Å². The highest BCUT2D eigenvalue weighted by molar-refractivity contribution is 5.50. The van der Waals surface area contributed by atoms with Crippen molar-refractivity contribution in [2.75, 3.05) is 20.2 Å². The van der Waals surface area contributed by atoms with E-state index in [4.69, 9.17) is 9.47 Å². The zero-order valence-corrected chi connectivity index (χ0v) is 12.5. The zero-order valence-electron chi connectivity index (χ0n) is 12.5. The zero-order chi connectivity index (χ0) is 15.7. The third-order valence-corrected chi connectivity index (χ3v) is 4.19. The van der Waals surface area contributed by atoms with Gasteiger partial charge in [0.15, 0.2) is 0 Å². The Kier molecular flexibility index (Phi) is 4.21. The van der Waals surface area contributed by atoms with Gasteiger partial charge in [-0.3, -0.25) is 0 Å². The van der Waals surface area contributed by atoms with E-state index in [0.717, 1.165) is 50.4 Å². The summed E-state index contributed by atoms with van der Waals surface area (Å²) in [4.78, 5) is 0. The van der Waals surface area contributed by atoms with E-state index >= 15 is 0 Å². The second-order valence-corrected chi connectivity index (χ2v) is 5.95. The molecule has 1 heterocycles. The Hall–Kier alpha value is -1.43. The molecule has 3 nitrogen and oxygen atoms in total. The van der Waals surface area contributed by atoms with Crippen LogP contribution in [0.15, 0.2) is 12.1 Å². The van der Waals surface area contributed by atoms with Gasteiger partial charge in [-0.25, -0.2) is 0 Å². The van der Waals surface area contributed by atoms with Gasteiger partial charge in [0.25, 0.3) is 0 Å². The predicted molar refractivity (Wildman–Crippen MR) is 76.5 cm³/mol. The van der Waals surface area contributed by atoms with E-state index < -0.39 is 11.7 Å². The first-order chi connectivity index (χ1) is 10.5. The molecule has 0 amide bonds. The van der Waals surface area contributed by atoms with Crippen molar-refractivity contribution in [2.45, 2.75) is 43.9 Å². The van der Waals surface area contributed by atoms with Crippen molar-refractivity contribution in [1.82, 2.24) is 5.32 Å². The minimum Gasteiger partial charge on any atom is -0.496 e. The van der Waals surface area contributed by atoms with Gasteiger partial charge >= 0.3 is 6.18 Å². The molecular formula is C16H20F3NO2. The molecule has 122 valence electrons. The summed E-state index contributed by atoms with van der Waals surface area (Å²) in [6, 6.07) is 2.62. The molecule has 1 saturated carbocycles. The maximum atomic E-state index is 13.2. The summed E-state index contributed by atoms with van der Waals surface area (Å²) >= 11 is 0. The molecule has 2 fully saturated rings. The molecule has 1 N–H and O–H groups in total. The standard InChI is InChI=1S/C16H20F3NO2/c1-21-15-7-12(10-3-2-6-20-9-10)14(22-11-4-5-11)8-13(15)16(17,18)19/h7-8,10-11,20H,2-6,9H2,1H3. The van der Waals surface area contributed by atoms with Crippen LogP contribution in [-0.4, -0.2) is 26.3 Å². The molecule has 1 aromatic rings. The first-order valence-corrected chi connectivity index (χ1v) is 7.65. The van der Waals surface area contributed by atoms with E-state index in [1.165, 1.54) is 13.2 Å². The van der Waals surface area contributed by atoms with Crippen LogP contribution in [0.4, 0.5) is 13.2 Å². The summed E-state index contributed by atoms with van der Waals surface area (Å²) in [5.41, 5.74) is 0.0575. The average molecular weight is 315 g/mol. The third kappa shape index (κ3) is 3.32. The molecule has 0 aromatic heterocycles. The van der Waals surface area contributed by atoms with E-state index in [0.29, 0.717) is 5.75 Å². The topological polar surface area (TPSA) is 30.5 Å². The SMILES string of the molecule is COc1cc(C2CCCNC2)c(OC2CC2)cc1C(F)(F)F. The molecule has 22 heavy (non-hydrogen) atoms. The maximum Gasteiger partial charge on any atom is 0.420 e. The van der Waals surface area contributed by atoms with Crippen molar-refractivity contribution >= 4 is 0 Å².